The normalized spacial score (nSPS) is 12.4. The van der Waals surface area contributed by atoms with Crippen molar-refractivity contribution < 1.29 is 4.74 Å². The maximum absolute atomic E-state index is 6.18. The van der Waals surface area contributed by atoms with E-state index in [0.717, 1.165) is 90.1 Å². The summed E-state index contributed by atoms with van der Waals surface area (Å²) in [5.74, 6) is 1.61. The van der Waals surface area contributed by atoms with Crippen molar-refractivity contribution in [3.8, 4) is 0 Å². The zero-order valence-electron chi connectivity index (χ0n) is 33.0. The number of benzene rings is 1. The van der Waals surface area contributed by atoms with Crippen LogP contribution in [0.4, 0.5) is 0 Å². The molecule has 0 aliphatic carbocycles. The summed E-state index contributed by atoms with van der Waals surface area (Å²) >= 11 is 0. The maximum Gasteiger partial charge on any atom is 0.0494 e. The van der Waals surface area contributed by atoms with Gasteiger partial charge < -0.3 is 26.4 Å². The lowest BCUT2D eigenvalue weighted by Gasteiger charge is -2.22. The van der Waals surface area contributed by atoms with Gasteiger partial charge in [-0.2, -0.15) is 0 Å². The Labute approximate surface area is 300 Å². The molecule has 48 heavy (non-hydrogen) atoms. The van der Waals surface area contributed by atoms with Crippen LogP contribution in [0.25, 0.3) is 0 Å². The predicted octanol–water partition coefficient (Wildman–Crippen LogP) is 10.4. The van der Waals surface area contributed by atoms with Crippen LogP contribution in [-0.4, -0.2) is 45.9 Å². The molecule has 1 rings (SSSR count). The van der Waals surface area contributed by atoms with Gasteiger partial charge in [-0.15, -0.1) is 0 Å². The van der Waals surface area contributed by atoms with E-state index in [4.69, 9.17) is 10.5 Å². The van der Waals surface area contributed by atoms with Crippen molar-refractivity contribution in [2.24, 2.45) is 17.6 Å². The second-order valence-electron chi connectivity index (χ2n) is 14.8. The van der Waals surface area contributed by atoms with Gasteiger partial charge in [0, 0.05) is 26.3 Å². The van der Waals surface area contributed by atoms with Gasteiger partial charge in [-0.25, -0.2) is 0 Å². The minimum absolute atomic E-state index is 0.744. The number of hydrogen-bond donors (Lipinski definition) is 4. The molecule has 0 saturated carbocycles. The third kappa shape index (κ3) is 24.2. The minimum atomic E-state index is 0.744. The average Bonchev–Trinajstić information content (AvgIpc) is 3.09. The Morgan fingerprint density at radius 2 is 1.17 bits per heavy atom. The van der Waals surface area contributed by atoms with Crippen LogP contribution in [0.15, 0.2) is 12.1 Å². The molecule has 5 N–H and O–H groups in total. The van der Waals surface area contributed by atoms with Crippen molar-refractivity contribution in [3.63, 3.8) is 0 Å². The molecular formula is C43H84N4O. The van der Waals surface area contributed by atoms with Gasteiger partial charge in [-0.05, 0) is 125 Å². The van der Waals surface area contributed by atoms with Gasteiger partial charge in [0.2, 0.25) is 0 Å². The summed E-state index contributed by atoms with van der Waals surface area (Å²) in [4.78, 5) is 0. The molecule has 0 amide bonds. The van der Waals surface area contributed by atoms with Crippen molar-refractivity contribution in [1.29, 1.82) is 0 Å². The number of rotatable bonds is 36. The molecule has 1 aromatic carbocycles. The average molecular weight is 673 g/mol. The summed E-state index contributed by atoms with van der Waals surface area (Å²) in [6.07, 6.45) is 27.3. The molecular weight excluding hydrogens is 589 g/mol. The molecule has 1 aromatic rings. The number of ether oxygens (including phenoxy) is 1. The van der Waals surface area contributed by atoms with E-state index >= 15 is 0 Å². The maximum atomic E-state index is 6.18. The van der Waals surface area contributed by atoms with Crippen LogP contribution in [0.5, 0.6) is 0 Å². The standard InChI is InChI=1S/C43H84N4O/c1-6-10-12-13-14-15-19-24-40-33-42(35-46-27-21-17-16-20-26-44)38(5)43(34-40)36-47-29-22-28-45-30-23-31-48-37-41(25-18-11-7-2)32-39(8-3)9-4/h33-34,39,41,45-47H,6-32,35-37,44H2,1-5H3. The number of hydrogen-bond acceptors (Lipinski definition) is 5. The fourth-order valence-electron chi connectivity index (χ4n) is 6.96. The first-order chi connectivity index (χ1) is 23.6. The lowest BCUT2D eigenvalue weighted by molar-refractivity contribution is 0.0830. The van der Waals surface area contributed by atoms with Crippen molar-refractivity contribution in [2.45, 2.75) is 183 Å². The molecule has 0 fully saturated rings. The van der Waals surface area contributed by atoms with Crippen LogP contribution >= 0.6 is 0 Å². The molecule has 0 saturated heterocycles. The SMILES string of the molecule is CCCCCCCCCc1cc(CNCCCCCCN)c(C)c(CNCCCNCCCOCC(CCCCC)CC(CC)CC)c1. The molecule has 0 aromatic heterocycles. The molecule has 282 valence electrons. The van der Waals surface area contributed by atoms with E-state index in [1.807, 2.05) is 0 Å². The predicted molar refractivity (Wildman–Crippen MR) is 213 cm³/mol. The molecule has 1 unspecified atom stereocenters. The molecule has 5 nitrogen and oxygen atoms in total. The Balaban J connectivity index is 2.39. The topological polar surface area (TPSA) is 71.3 Å². The molecule has 0 radical (unpaired) electrons. The number of nitrogens with one attached hydrogen (secondary N) is 3. The first-order valence-electron chi connectivity index (χ1n) is 21.1. The molecule has 0 aliphatic heterocycles. The summed E-state index contributed by atoms with van der Waals surface area (Å²) in [5, 5.41) is 11.1. The van der Waals surface area contributed by atoms with E-state index in [2.05, 4.69) is 62.7 Å². The third-order valence-corrected chi connectivity index (χ3v) is 10.4. The Hall–Kier alpha value is -0.980. The highest BCUT2D eigenvalue weighted by atomic mass is 16.5. The fraction of sp³-hybridized carbons (Fsp3) is 0.860. The smallest absolute Gasteiger partial charge is 0.0494 e. The van der Waals surface area contributed by atoms with Crippen molar-refractivity contribution in [3.05, 3.63) is 34.4 Å². The Morgan fingerprint density at radius 3 is 1.83 bits per heavy atom. The highest BCUT2D eigenvalue weighted by Crippen LogP contribution is 2.24. The first-order valence-corrected chi connectivity index (χ1v) is 21.1. The van der Waals surface area contributed by atoms with Gasteiger partial charge in [0.1, 0.15) is 0 Å². The zero-order valence-corrected chi connectivity index (χ0v) is 33.0. The summed E-state index contributed by atoms with van der Waals surface area (Å²) in [6.45, 7) is 20.5. The molecule has 0 bridgehead atoms. The van der Waals surface area contributed by atoms with E-state index in [0.29, 0.717) is 0 Å². The van der Waals surface area contributed by atoms with E-state index in [1.54, 1.807) is 0 Å². The highest BCUT2D eigenvalue weighted by Gasteiger charge is 2.14. The number of unbranched alkanes of at least 4 members (excludes halogenated alkanes) is 11. The first kappa shape index (κ1) is 45.0. The van der Waals surface area contributed by atoms with Gasteiger partial charge >= 0.3 is 0 Å². The van der Waals surface area contributed by atoms with Gasteiger partial charge in [-0.3, -0.25) is 0 Å². The third-order valence-electron chi connectivity index (χ3n) is 10.4. The van der Waals surface area contributed by atoms with Gasteiger partial charge in [0.25, 0.3) is 0 Å². The van der Waals surface area contributed by atoms with E-state index in [1.165, 1.54) is 138 Å². The summed E-state index contributed by atoms with van der Waals surface area (Å²) in [7, 11) is 0. The van der Waals surface area contributed by atoms with Gasteiger partial charge in [0.15, 0.2) is 0 Å². The lowest BCUT2D eigenvalue weighted by atomic mass is 9.88. The van der Waals surface area contributed by atoms with Crippen molar-refractivity contribution >= 4 is 0 Å². The fourth-order valence-corrected chi connectivity index (χ4v) is 6.96. The Kier molecular flexibility index (Phi) is 31.1. The molecule has 1 atom stereocenters. The number of nitrogens with two attached hydrogens (primary N) is 1. The van der Waals surface area contributed by atoms with Gasteiger partial charge in [0.05, 0.1) is 0 Å². The summed E-state index contributed by atoms with van der Waals surface area (Å²) in [5.41, 5.74) is 11.6. The molecule has 0 heterocycles. The zero-order chi connectivity index (χ0) is 34.9. The van der Waals surface area contributed by atoms with Gasteiger partial charge in [-0.1, -0.05) is 123 Å². The Bertz CT molecular complexity index is 827. The summed E-state index contributed by atoms with van der Waals surface area (Å²) < 4.78 is 6.18. The van der Waals surface area contributed by atoms with Crippen LogP contribution in [0.3, 0.4) is 0 Å². The van der Waals surface area contributed by atoms with Crippen LogP contribution < -0.4 is 21.7 Å². The van der Waals surface area contributed by atoms with Crippen LogP contribution in [0.1, 0.15) is 178 Å². The lowest BCUT2D eigenvalue weighted by Crippen LogP contribution is -2.24. The van der Waals surface area contributed by atoms with Crippen LogP contribution in [-0.2, 0) is 24.2 Å². The quantitative estimate of drug-likeness (QED) is 0.0534. The minimum Gasteiger partial charge on any atom is -0.381 e. The largest absolute Gasteiger partial charge is 0.381 e. The highest BCUT2D eigenvalue weighted by molar-refractivity contribution is 5.38. The number of aryl methyl sites for hydroxylation is 1. The molecule has 0 spiro atoms. The Morgan fingerprint density at radius 1 is 0.604 bits per heavy atom. The van der Waals surface area contributed by atoms with Crippen LogP contribution in [0, 0.1) is 18.8 Å². The van der Waals surface area contributed by atoms with Crippen LogP contribution in [0.2, 0.25) is 0 Å². The second kappa shape index (κ2) is 33.2. The monoisotopic (exact) mass is 673 g/mol. The van der Waals surface area contributed by atoms with Crippen molar-refractivity contribution in [1.82, 2.24) is 16.0 Å². The second-order valence-corrected chi connectivity index (χ2v) is 14.8. The molecule has 5 heteroatoms. The van der Waals surface area contributed by atoms with Crippen molar-refractivity contribution in [2.75, 3.05) is 45.9 Å². The summed E-state index contributed by atoms with van der Waals surface area (Å²) in [6, 6.07) is 4.98. The van der Waals surface area contributed by atoms with E-state index in [9.17, 15) is 0 Å². The van der Waals surface area contributed by atoms with E-state index < -0.39 is 0 Å². The molecule has 0 aliphatic rings. The van der Waals surface area contributed by atoms with E-state index in [-0.39, 0.29) is 0 Å².